The molecule has 9 nitrogen and oxygen atoms in total. The van der Waals surface area contributed by atoms with E-state index in [2.05, 4.69) is 11.4 Å². The van der Waals surface area contributed by atoms with Gasteiger partial charge in [0.05, 0.1) is 23.1 Å². The molecule has 0 heterocycles. The molecule has 0 aromatic heterocycles. The Morgan fingerprint density at radius 3 is 2.32 bits per heavy atom. The third-order valence-corrected chi connectivity index (χ3v) is 7.28. The Morgan fingerprint density at radius 1 is 1.15 bits per heavy atom. The number of aliphatic hydroxyl groups excluding tert-OH is 1. The standard InChI is InChI=1S/C24H31N3O6S/c1-24(2,13-6-14-25)17-27(34(32,33)20-11-9-19(28)10-12-20)16-22(29)21(26-23(30)31)15-18-7-4-3-5-8-18/h3-5,7-12,21-22,26,28-29H,6,13,15-17H2,1-2H3,(H,30,31)/t21-,22+/m0/s1. The van der Waals surface area contributed by atoms with Gasteiger partial charge in [-0.15, -0.1) is 0 Å². The number of benzene rings is 2. The minimum atomic E-state index is -4.10. The first-order chi connectivity index (χ1) is 15.9. The molecule has 34 heavy (non-hydrogen) atoms. The molecule has 0 fully saturated rings. The number of aliphatic hydroxyl groups is 1. The molecular formula is C24H31N3O6S. The second-order valence-electron chi connectivity index (χ2n) is 8.93. The van der Waals surface area contributed by atoms with E-state index in [4.69, 9.17) is 5.26 Å². The number of carbonyl (C=O) groups is 1. The van der Waals surface area contributed by atoms with E-state index in [0.29, 0.717) is 6.42 Å². The Bertz CT molecular complexity index is 1080. The zero-order chi connectivity index (χ0) is 25.4. The van der Waals surface area contributed by atoms with Crippen LogP contribution in [-0.2, 0) is 16.4 Å². The lowest BCUT2D eigenvalue weighted by Crippen LogP contribution is -2.51. The number of rotatable bonds is 12. The highest BCUT2D eigenvalue weighted by Gasteiger charge is 2.34. The van der Waals surface area contributed by atoms with Gasteiger partial charge in [-0.3, -0.25) is 0 Å². The molecule has 1 amide bonds. The van der Waals surface area contributed by atoms with Crippen molar-refractivity contribution >= 4 is 16.1 Å². The largest absolute Gasteiger partial charge is 0.508 e. The topological polar surface area (TPSA) is 151 Å². The summed E-state index contributed by atoms with van der Waals surface area (Å²) in [7, 11) is -4.10. The SMILES string of the molecule is CC(C)(CCC#N)CN(C[C@@H](O)[C@H](Cc1ccccc1)NC(=O)O)S(=O)(=O)c1ccc(O)cc1. The van der Waals surface area contributed by atoms with Crippen LogP contribution in [0.2, 0.25) is 0 Å². The highest BCUT2D eigenvalue weighted by Crippen LogP contribution is 2.28. The molecule has 0 saturated carbocycles. The first-order valence-corrected chi connectivity index (χ1v) is 12.3. The van der Waals surface area contributed by atoms with Crippen LogP contribution in [0.25, 0.3) is 0 Å². The molecule has 2 aromatic carbocycles. The fourth-order valence-corrected chi connectivity index (χ4v) is 5.26. The summed E-state index contributed by atoms with van der Waals surface area (Å²) in [5.41, 5.74) is 0.191. The summed E-state index contributed by atoms with van der Waals surface area (Å²) in [6, 6.07) is 15.1. The number of hydrogen-bond donors (Lipinski definition) is 4. The molecule has 2 rings (SSSR count). The Kier molecular flexibility index (Phi) is 9.44. The van der Waals surface area contributed by atoms with Crippen molar-refractivity contribution < 1.29 is 28.5 Å². The number of phenols is 1. The fourth-order valence-electron chi connectivity index (χ4n) is 3.61. The van der Waals surface area contributed by atoms with Crippen LogP contribution in [0.4, 0.5) is 4.79 Å². The number of sulfonamides is 1. The quantitative estimate of drug-likeness (QED) is 0.358. The van der Waals surface area contributed by atoms with Crippen LogP contribution in [-0.4, -0.2) is 59.4 Å². The number of carboxylic acid groups (broad SMARTS) is 1. The number of hydrogen-bond acceptors (Lipinski definition) is 6. The molecule has 0 unspecified atom stereocenters. The predicted molar refractivity (Wildman–Crippen MR) is 127 cm³/mol. The molecular weight excluding hydrogens is 458 g/mol. The van der Waals surface area contributed by atoms with Gasteiger partial charge in [-0.05, 0) is 48.1 Å². The van der Waals surface area contributed by atoms with E-state index in [1.54, 1.807) is 24.3 Å². The lowest BCUT2D eigenvalue weighted by Gasteiger charge is -2.34. The van der Waals surface area contributed by atoms with Gasteiger partial charge in [0, 0.05) is 19.5 Å². The molecule has 2 aromatic rings. The summed E-state index contributed by atoms with van der Waals surface area (Å²) in [4.78, 5) is 11.3. The van der Waals surface area contributed by atoms with Crippen molar-refractivity contribution in [3.63, 3.8) is 0 Å². The van der Waals surface area contributed by atoms with Crippen molar-refractivity contribution in [1.82, 2.24) is 9.62 Å². The van der Waals surface area contributed by atoms with Crippen LogP contribution in [0.5, 0.6) is 5.75 Å². The van der Waals surface area contributed by atoms with E-state index in [1.165, 1.54) is 24.3 Å². The van der Waals surface area contributed by atoms with Crippen molar-refractivity contribution in [3.05, 3.63) is 60.2 Å². The maximum Gasteiger partial charge on any atom is 0.404 e. The van der Waals surface area contributed by atoms with Crippen molar-refractivity contribution in [2.45, 2.75) is 50.2 Å². The maximum absolute atomic E-state index is 13.5. The lowest BCUT2D eigenvalue weighted by molar-refractivity contribution is 0.0908. The first-order valence-electron chi connectivity index (χ1n) is 10.8. The summed E-state index contributed by atoms with van der Waals surface area (Å²) >= 11 is 0. The number of phenolic OH excluding ortho intramolecular Hbond substituents is 1. The average Bonchev–Trinajstić information content (AvgIpc) is 2.77. The molecule has 0 saturated heterocycles. The van der Waals surface area contributed by atoms with Crippen LogP contribution in [0.1, 0.15) is 32.3 Å². The van der Waals surface area contributed by atoms with Gasteiger partial charge in [0.15, 0.2) is 0 Å². The van der Waals surface area contributed by atoms with Gasteiger partial charge in [0.1, 0.15) is 5.75 Å². The van der Waals surface area contributed by atoms with Crippen molar-refractivity contribution in [2.75, 3.05) is 13.1 Å². The molecule has 0 spiro atoms. The second-order valence-corrected chi connectivity index (χ2v) is 10.9. The fraction of sp³-hybridized carbons (Fsp3) is 0.417. The monoisotopic (exact) mass is 489 g/mol. The highest BCUT2D eigenvalue weighted by atomic mass is 32.2. The van der Waals surface area contributed by atoms with E-state index >= 15 is 0 Å². The summed E-state index contributed by atoms with van der Waals surface area (Å²) in [6.45, 7) is 3.29. The number of nitriles is 1. The average molecular weight is 490 g/mol. The number of aromatic hydroxyl groups is 1. The number of nitrogens with one attached hydrogen (secondary N) is 1. The highest BCUT2D eigenvalue weighted by molar-refractivity contribution is 7.89. The van der Waals surface area contributed by atoms with E-state index in [0.717, 1.165) is 9.87 Å². The molecule has 0 radical (unpaired) electrons. The molecule has 0 bridgehead atoms. The van der Waals surface area contributed by atoms with Crippen molar-refractivity contribution in [3.8, 4) is 11.8 Å². The summed E-state index contributed by atoms with van der Waals surface area (Å²) in [5.74, 6) is -0.0894. The molecule has 184 valence electrons. The normalized spacial score (nSPS) is 13.7. The molecule has 4 N–H and O–H groups in total. The molecule has 0 aliphatic rings. The smallest absolute Gasteiger partial charge is 0.404 e. The first kappa shape index (κ1) is 27.1. The van der Waals surface area contributed by atoms with E-state index in [9.17, 15) is 28.5 Å². The molecule has 10 heteroatoms. The van der Waals surface area contributed by atoms with Crippen LogP contribution < -0.4 is 5.32 Å². The Balaban J connectivity index is 2.36. The van der Waals surface area contributed by atoms with Gasteiger partial charge in [-0.2, -0.15) is 9.57 Å². The molecule has 0 aliphatic carbocycles. The van der Waals surface area contributed by atoms with Gasteiger partial charge in [0.2, 0.25) is 10.0 Å². The second kappa shape index (κ2) is 11.8. The summed E-state index contributed by atoms with van der Waals surface area (Å²) in [5, 5.41) is 41.1. The molecule has 0 aliphatic heterocycles. The van der Waals surface area contributed by atoms with Crippen LogP contribution in [0.15, 0.2) is 59.5 Å². The van der Waals surface area contributed by atoms with E-state index in [1.807, 2.05) is 19.9 Å². The minimum absolute atomic E-state index is 0.0000776. The summed E-state index contributed by atoms with van der Waals surface area (Å²) < 4.78 is 28.0. The summed E-state index contributed by atoms with van der Waals surface area (Å²) in [6.07, 6.45) is -1.85. The van der Waals surface area contributed by atoms with Gasteiger partial charge in [0.25, 0.3) is 0 Å². The third-order valence-electron chi connectivity index (χ3n) is 5.45. The zero-order valence-electron chi connectivity index (χ0n) is 19.3. The van der Waals surface area contributed by atoms with E-state index in [-0.39, 0.29) is 36.6 Å². The van der Waals surface area contributed by atoms with Gasteiger partial charge < -0.3 is 20.6 Å². The number of amides is 1. The third kappa shape index (κ3) is 8.02. The van der Waals surface area contributed by atoms with Gasteiger partial charge >= 0.3 is 6.09 Å². The van der Waals surface area contributed by atoms with Crippen LogP contribution in [0, 0.1) is 16.7 Å². The number of nitrogens with zero attached hydrogens (tertiary/aromatic N) is 2. The predicted octanol–water partition coefficient (Wildman–Crippen LogP) is 2.95. The van der Waals surface area contributed by atoms with Crippen molar-refractivity contribution in [2.24, 2.45) is 5.41 Å². The maximum atomic E-state index is 13.5. The zero-order valence-corrected chi connectivity index (χ0v) is 20.1. The Labute approximate surface area is 200 Å². The van der Waals surface area contributed by atoms with Gasteiger partial charge in [-0.25, -0.2) is 13.2 Å². The van der Waals surface area contributed by atoms with Gasteiger partial charge in [-0.1, -0.05) is 44.2 Å². The van der Waals surface area contributed by atoms with Crippen LogP contribution >= 0.6 is 0 Å². The Hall–Kier alpha value is -3.13. The lowest BCUT2D eigenvalue weighted by atomic mass is 9.88. The molecule has 2 atom stereocenters. The minimum Gasteiger partial charge on any atom is -0.508 e. The van der Waals surface area contributed by atoms with E-state index < -0.39 is 33.7 Å². The van der Waals surface area contributed by atoms with Crippen molar-refractivity contribution in [1.29, 1.82) is 5.26 Å². The van der Waals surface area contributed by atoms with Crippen LogP contribution in [0.3, 0.4) is 0 Å². The Morgan fingerprint density at radius 2 is 1.76 bits per heavy atom.